The lowest BCUT2D eigenvalue weighted by atomic mass is 9.96. The van der Waals surface area contributed by atoms with Crippen molar-refractivity contribution >= 4 is 39.7 Å². The summed E-state index contributed by atoms with van der Waals surface area (Å²) < 4.78 is 5.38. The van der Waals surface area contributed by atoms with Crippen LogP contribution in [0.5, 0.6) is 0 Å². The molecule has 2 amide bonds. The normalized spacial score (nSPS) is 18.6. The Hall–Kier alpha value is -2.57. The molecule has 3 heterocycles. The van der Waals surface area contributed by atoms with E-state index in [9.17, 15) is 14.9 Å². The molecule has 1 aliphatic heterocycles. The fourth-order valence-corrected chi connectivity index (χ4v) is 6.67. The minimum Gasteiger partial charge on any atom is -0.444 e. The monoisotopic (exact) mass is 500 g/mol. The van der Waals surface area contributed by atoms with Crippen LogP contribution in [0.25, 0.3) is 0 Å². The molecule has 2 N–H and O–H groups in total. The second-order valence-electron chi connectivity index (χ2n) is 9.93. The number of carbonyl (C=O) groups excluding carboxylic acids is 2. The molecule has 2 aromatic rings. The Morgan fingerprint density at radius 1 is 1.32 bits per heavy atom. The van der Waals surface area contributed by atoms with Gasteiger partial charge in [-0.25, -0.2) is 4.79 Å². The molecular weight excluding hydrogens is 468 g/mol. The molecule has 1 saturated heterocycles. The molecule has 0 bridgehead atoms. The van der Waals surface area contributed by atoms with E-state index in [1.54, 1.807) is 43.4 Å². The molecule has 2 aliphatic rings. The predicted octanol–water partition coefficient (Wildman–Crippen LogP) is 4.39. The van der Waals surface area contributed by atoms with Gasteiger partial charge in [-0.05, 0) is 69.9 Å². The predicted molar refractivity (Wildman–Crippen MR) is 136 cm³/mol. The first-order chi connectivity index (χ1) is 16.2. The topological polar surface area (TPSA) is 94.5 Å². The maximum absolute atomic E-state index is 13.2. The Morgan fingerprint density at radius 3 is 2.82 bits per heavy atom. The van der Waals surface area contributed by atoms with Crippen LogP contribution in [0.3, 0.4) is 0 Å². The number of ether oxygens (including phenoxy) is 1. The summed E-state index contributed by atoms with van der Waals surface area (Å²) in [6.45, 7) is 6.86. The van der Waals surface area contributed by atoms with Gasteiger partial charge in [0.1, 0.15) is 22.7 Å². The largest absolute Gasteiger partial charge is 0.444 e. The van der Waals surface area contributed by atoms with E-state index < -0.39 is 17.7 Å². The molecule has 0 radical (unpaired) electrons. The van der Waals surface area contributed by atoms with E-state index in [0.29, 0.717) is 13.0 Å². The van der Waals surface area contributed by atoms with Gasteiger partial charge in [-0.15, -0.1) is 22.7 Å². The number of anilines is 1. The van der Waals surface area contributed by atoms with Crippen LogP contribution in [0.2, 0.25) is 0 Å². The minimum atomic E-state index is -0.716. The zero-order chi connectivity index (χ0) is 24.3. The molecule has 34 heavy (non-hydrogen) atoms. The SMILES string of the molecule is CC(C)(C)OC(=O)N[C@@H](Cc1cccs1)C(=O)N[C@H]1CCN(c2sc3c(c2C#N)CCCC3)C1. The Bertz CT molecular complexity index is 1070. The Balaban J connectivity index is 1.41. The van der Waals surface area contributed by atoms with Crippen LogP contribution in [0.4, 0.5) is 9.80 Å². The number of nitriles is 1. The number of hydrogen-bond acceptors (Lipinski definition) is 7. The average Bonchev–Trinajstić information content (AvgIpc) is 3.51. The highest BCUT2D eigenvalue weighted by atomic mass is 32.1. The van der Waals surface area contributed by atoms with Gasteiger partial charge < -0.3 is 20.3 Å². The molecule has 0 spiro atoms. The van der Waals surface area contributed by atoms with E-state index in [4.69, 9.17) is 4.74 Å². The molecule has 2 aromatic heterocycles. The quantitative estimate of drug-likeness (QED) is 0.613. The third kappa shape index (κ3) is 5.91. The molecule has 182 valence electrons. The number of thiophene rings is 2. The lowest BCUT2D eigenvalue weighted by Gasteiger charge is -2.24. The number of rotatable bonds is 6. The summed E-state index contributed by atoms with van der Waals surface area (Å²) in [4.78, 5) is 30.2. The van der Waals surface area contributed by atoms with Crippen molar-refractivity contribution in [2.45, 2.75) is 77.0 Å². The highest BCUT2D eigenvalue weighted by Crippen LogP contribution is 2.40. The molecule has 1 fully saturated rings. The van der Waals surface area contributed by atoms with Crippen molar-refractivity contribution in [3.05, 3.63) is 38.4 Å². The highest BCUT2D eigenvalue weighted by molar-refractivity contribution is 7.16. The summed E-state index contributed by atoms with van der Waals surface area (Å²) in [5, 5.41) is 18.7. The van der Waals surface area contributed by atoms with Crippen LogP contribution in [0.15, 0.2) is 17.5 Å². The molecule has 7 nitrogen and oxygen atoms in total. The van der Waals surface area contributed by atoms with Crippen molar-refractivity contribution in [3.63, 3.8) is 0 Å². The summed E-state index contributed by atoms with van der Waals surface area (Å²) in [5.74, 6) is -0.211. The lowest BCUT2D eigenvalue weighted by Crippen LogP contribution is -2.52. The fraction of sp³-hybridized carbons (Fsp3) is 0.560. The van der Waals surface area contributed by atoms with Crippen LogP contribution >= 0.6 is 22.7 Å². The summed E-state index contributed by atoms with van der Waals surface area (Å²) >= 11 is 3.30. The molecule has 4 rings (SSSR count). The Labute approximate surface area is 209 Å². The van der Waals surface area contributed by atoms with Crippen molar-refractivity contribution in [2.75, 3.05) is 18.0 Å². The maximum atomic E-state index is 13.2. The first-order valence-corrected chi connectivity index (χ1v) is 13.5. The zero-order valence-corrected chi connectivity index (χ0v) is 21.6. The maximum Gasteiger partial charge on any atom is 0.408 e. The number of nitrogens with zero attached hydrogens (tertiary/aromatic N) is 2. The average molecular weight is 501 g/mol. The Morgan fingerprint density at radius 2 is 2.12 bits per heavy atom. The third-order valence-corrected chi connectivity index (χ3v) is 8.33. The number of carbonyl (C=O) groups is 2. The molecule has 2 atom stereocenters. The summed E-state index contributed by atoms with van der Waals surface area (Å²) in [5.41, 5.74) is 1.42. The number of aryl methyl sites for hydroxylation is 1. The van der Waals surface area contributed by atoms with Crippen molar-refractivity contribution < 1.29 is 14.3 Å². The van der Waals surface area contributed by atoms with Gasteiger partial charge in [-0.2, -0.15) is 5.26 Å². The van der Waals surface area contributed by atoms with Gasteiger partial charge in [0.05, 0.1) is 5.56 Å². The Kier molecular flexibility index (Phi) is 7.48. The van der Waals surface area contributed by atoms with E-state index in [1.165, 1.54) is 16.9 Å². The van der Waals surface area contributed by atoms with Gasteiger partial charge >= 0.3 is 6.09 Å². The van der Waals surface area contributed by atoms with Crippen molar-refractivity contribution in [3.8, 4) is 6.07 Å². The number of alkyl carbamates (subject to hydrolysis) is 1. The molecule has 9 heteroatoms. The molecule has 0 aromatic carbocycles. The van der Waals surface area contributed by atoms with E-state index in [-0.39, 0.29) is 11.9 Å². The lowest BCUT2D eigenvalue weighted by molar-refractivity contribution is -0.123. The van der Waals surface area contributed by atoms with E-state index >= 15 is 0 Å². The van der Waals surface area contributed by atoms with Gasteiger partial charge in [0.15, 0.2) is 0 Å². The second-order valence-corrected chi connectivity index (χ2v) is 12.0. The number of amides is 2. The first-order valence-electron chi connectivity index (χ1n) is 11.9. The van der Waals surface area contributed by atoms with Gasteiger partial charge in [-0.3, -0.25) is 4.79 Å². The smallest absolute Gasteiger partial charge is 0.408 e. The van der Waals surface area contributed by atoms with Crippen LogP contribution < -0.4 is 15.5 Å². The van der Waals surface area contributed by atoms with E-state index in [0.717, 1.165) is 47.7 Å². The van der Waals surface area contributed by atoms with E-state index in [2.05, 4.69) is 21.6 Å². The summed E-state index contributed by atoms with van der Waals surface area (Å²) in [7, 11) is 0. The van der Waals surface area contributed by atoms with Gasteiger partial charge in [0.2, 0.25) is 5.91 Å². The minimum absolute atomic E-state index is 0.0376. The third-order valence-electron chi connectivity index (χ3n) is 6.08. The number of hydrogen-bond donors (Lipinski definition) is 2. The van der Waals surface area contributed by atoms with Crippen LogP contribution in [-0.4, -0.2) is 42.8 Å². The van der Waals surface area contributed by atoms with Gasteiger partial charge in [0.25, 0.3) is 0 Å². The van der Waals surface area contributed by atoms with E-state index in [1.807, 2.05) is 17.5 Å². The van der Waals surface area contributed by atoms with Crippen LogP contribution in [0, 0.1) is 11.3 Å². The van der Waals surface area contributed by atoms with Crippen molar-refractivity contribution in [2.24, 2.45) is 0 Å². The molecule has 0 saturated carbocycles. The van der Waals surface area contributed by atoms with Crippen LogP contribution in [-0.2, 0) is 28.8 Å². The van der Waals surface area contributed by atoms with Crippen LogP contribution in [0.1, 0.15) is 60.9 Å². The highest BCUT2D eigenvalue weighted by Gasteiger charge is 2.32. The van der Waals surface area contributed by atoms with Crippen molar-refractivity contribution in [1.29, 1.82) is 5.26 Å². The standard InChI is InChI=1S/C25H32N4O3S2/c1-25(2,3)32-24(31)28-20(13-17-7-6-12-33-17)22(30)27-16-10-11-29(15-16)23-19(14-26)18-8-4-5-9-21(18)34-23/h6-7,12,16,20H,4-5,8-11,13,15H2,1-3H3,(H,27,30)(H,28,31)/t16-,20-/m0/s1. The fourth-order valence-electron chi connectivity index (χ4n) is 4.54. The summed E-state index contributed by atoms with van der Waals surface area (Å²) in [6.07, 6.45) is 5.00. The van der Waals surface area contributed by atoms with Gasteiger partial charge in [0, 0.05) is 35.3 Å². The summed E-state index contributed by atoms with van der Waals surface area (Å²) in [6, 6.07) is 5.58. The molecular formula is C25H32N4O3S2. The molecule has 1 aliphatic carbocycles. The second kappa shape index (κ2) is 10.4. The first kappa shape index (κ1) is 24.6. The van der Waals surface area contributed by atoms with Gasteiger partial charge in [-0.1, -0.05) is 6.07 Å². The van der Waals surface area contributed by atoms with Crippen molar-refractivity contribution in [1.82, 2.24) is 10.6 Å². The zero-order valence-electron chi connectivity index (χ0n) is 20.0. The number of fused-ring (bicyclic) bond motifs is 1. The molecule has 0 unspecified atom stereocenters. The number of nitrogens with one attached hydrogen (secondary N) is 2.